The van der Waals surface area contributed by atoms with Gasteiger partial charge in [-0.15, -0.1) is 0 Å². The van der Waals surface area contributed by atoms with E-state index in [4.69, 9.17) is 16.3 Å². The van der Waals surface area contributed by atoms with Gasteiger partial charge in [0.1, 0.15) is 6.04 Å². The highest BCUT2D eigenvalue weighted by molar-refractivity contribution is 9.10. The fourth-order valence-corrected chi connectivity index (χ4v) is 6.66. The van der Waals surface area contributed by atoms with Crippen LogP contribution in [-0.2, 0) is 30.3 Å². The summed E-state index contributed by atoms with van der Waals surface area (Å²) in [5, 5.41) is 3.16. The van der Waals surface area contributed by atoms with Crippen molar-refractivity contribution in [3.63, 3.8) is 0 Å². The maximum atomic E-state index is 13.4. The van der Waals surface area contributed by atoms with Gasteiger partial charge < -0.3 is 10.1 Å². The van der Waals surface area contributed by atoms with E-state index in [-0.39, 0.29) is 41.9 Å². The summed E-state index contributed by atoms with van der Waals surface area (Å²) < 4.78 is 6.07. The predicted octanol–water partition coefficient (Wildman–Crippen LogP) is 4.54. The third-order valence-electron chi connectivity index (χ3n) is 7.78. The van der Waals surface area contributed by atoms with Gasteiger partial charge in [-0.2, -0.15) is 0 Å². The highest BCUT2D eigenvalue weighted by Gasteiger charge is 2.62. The number of carbonyl (C=O) groups excluding carboxylic acids is 4. The Morgan fingerprint density at radius 3 is 2.36 bits per heavy atom. The van der Waals surface area contributed by atoms with Crippen molar-refractivity contribution in [1.82, 2.24) is 4.90 Å². The molecular formula is C27H26BrClN2O5. The molecule has 188 valence electrons. The first-order valence-corrected chi connectivity index (χ1v) is 13.2. The fraction of sp³-hybridized carbons (Fsp3) is 0.407. The van der Waals surface area contributed by atoms with Crippen LogP contribution in [0.2, 0.25) is 5.02 Å². The number of likely N-dealkylation sites (tertiary alicyclic amines) is 1. The number of halogens is 2. The lowest BCUT2D eigenvalue weighted by Crippen LogP contribution is -2.48. The Morgan fingerprint density at radius 1 is 1.08 bits per heavy atom. The van der Waals surface area contributed by atoms with E-state index in [9.17, 15) is 19.2 Å². The molecule has 2 aromatic carbocycles. The fourth-order valence-electron chi connectivity index (χ4n) is 6.06. The van der Waals surface area contributed by atoms with Gasteiger partial charge in [0.05, 0.1) is 16.9 Å². The zero-order valence-corrected chi connectivity index (χ0v) is 22.1. The van der Waals surface area contributed by atoms with Crippen molar-refractivity contribution in [1.29, 1.82) is 0 Å². The number of anilines is 1. The van der Waals surface area contributed by atoms with Crippen LogP contribution in [0.4, 0.5) is 5.69 Å². The van der Waals surface area contributed by atoms with Crippen molar-refractivity contribution >= 4 is 56.9 Å². The summed E-state index contributed by atoms with van der Waals surface area (Å²) in [6.45, 7) is 1.21. The van der Waals surface area contributed by atoms with E-state index in [1.54, 1.807) is 19.1 Å². The maximum Gasteiger partial charge on any atom is 0.330 e. The van der Waals surface area contributed by atoms with Gasteiger partial charge in [-0.05, 0) is 77.2 Å². The number of amides is 3. The number of fused-ring (bicyclic) bond motifs is 5. The van der Waals surface area contributed by atoms with Crippen molar-refractivity contribution in [2.24, 2.45) is 23.7 Å². The van der Waals surface area contributed by atoms with Crippen LogP contribution in [-0.4, -0.2) is 41.2 Å². The molecule has 5 rings (SSSR count). The van der Waals surface area contributed by atoms with E-state index in [0.717, 1.165) is 29.7 Å². The minimum atomic E-state index is -1.12. The molecule has 5 atom stereocenters. The second-order valence-corrected chi connectivity index (χ2v) is 11.1. The van der Waals surface area contributed by atoms with Gasteiger partial charge in [-0.3, -0.25) is 19.3 Å². The number of rotatable bonds is 7. The first-order valence-electron chi connectivity index (χ1n) is 12.1. The lowest BCUT2D eigenvalue weighted by Gasteiger charge is -2.26. The largest absolute Gasteiger partial charge is 0.454 e. The number of hydrogen-bond donors (Lipinski definition) is 1. The summed E-state index contributed by atoms with van der Waals surface area (Å²) in [6, 6.07) is 11.5. The Labute approximate surface area is 222 Å². The number of ether oxygens (including phenoxy) is 1. The maximum absolute atomic E-state index is 13.4. The van der Waals surface area contributed by atoms with Crippen LogP contribution in [0.1, 0.15) is 30.4 Å². The molecule has 3 amide bonds. The number of esters is 1. The van der Waals surface area contributed by atoms with Crippen molar-refractivity contribution in [2.75, 3.05) is 11.9 Å². The Morgan fingerprint density at radius 2 is 1.72 bits per heavy atom. The molecule has 0 radical (unpaired) electrons. The molecule has 0 spiro atoms. The number of carbonyl (C=O) groups is 4. The van der Waals surface area contributed by atoms with E-state index in [0.29, 0.717) is 20.7 Å². The zero-order chi connectivity index (χ0) is 25.6. The lowest BCUT2D eigenvalue weighted by molar-refractivity contribution is -0.160. The van der Waals surface area contributed by atoms with Crippen LogP contribution >= 0.6 is 27.5 Å². The lowest BCUT2D eigenvalue weighted by atomic mass is 9.81. The molecule has 1 saturated heterocycles. The van der Waals surface area contributed by atoms with Crippen LogP contribution < -0.4 is 5.32 Å². The van der Waals surface area contributed by atoms with E-state index >= 15 is 0 Å². The second kappa shape index (κ2) is 9.98. The summed E-state index contributed by atoms with van der Waals surface area (Å²) >= 11 is 9.56. The SMILES string of the molecule is Cc1c(NC(=O)COC(=O)[C@H](Cc2ccccc2)N2C(=O)[C@H]3[C@H]4CC[C@@H](C4)[C@@H]3C2=O)ccc(Br)c1Cl. The first-order chi connectivity index (χ1) is 17.3. The summed E-state index contributed by atoms with van der Waals surface area (Å²) in [6.07, 6.45) is 2.95. The van der Waals surface area contributed by atoms with E-state index < -0.39 is 24.5 Å². The Kier molecular flexibility index (Phi) is 6.92. The first kappa shape index (κ1) is 25.0. The molecule has 9 heteroatoms. The standard InChI is InChI=1S/C27H26BrClN2O5/c1-14-19(10-9-18(28)24(14)29)30-21(32)13-36-27(35)20(11-15-5-3-2-4-6-15)31-25(33)22-16-7-8-17(12-16)23(22)26(31)34/h2-6,9-10,16-17,20,22-23H,7-8,11-13H2,1H3,(H,30,32)/t16-,17-,20-,22-,23-/m0/s1. The van der Waals surface area contributed by atoms with Crippen LogP contribution in [0.15, 0.2) is 46.9 Å². The molecule has 1 N–H and O–H groups in total. The molecule has 0 aromatic heterocycles. The van der Waals surface area contributed by atoms with Gasteiger partial charge in [-0.25, -0.2) is 4.79 Å². The molecule has 1 heterocycles. The van der Waals surface area contributed by atoms with Gasteiger partial charge >= 0.3 is 5.97 Å². The molecule has 0 unspecified atom stereocenters. The summed E-state index contributed by atoms with van der Waals surface area (Å²) in [7, 11) is 0. The van der Waals surface area contributed by atoms with Gasteiger partial charge in [0.15, 0.2) is 6.61 Å². The Hall–Kier alpha value is -2.71. The summed E-state index contributed by atoms with van der Waals surface area (Å²) in [5.74, 6) is -2.13. The minimum absolute atomic E-state index is 0.134. The molecule has 3 aliphatic rings. The minimum Gasteiger partial charge on any atom is -0.454 e. The molecule has 2 aliphatic carbocycles. The number of hydrogen-bond acceptors (Lipinski definition) is 5. The van der Waals surface area contributed by atoms with Gasteiger partial charge in [0.25, 0.3) is 5.91 Å². The topological polar surface area (TPSA) is 92.8 Å². The monoisotopic (exact) mass is 572 g/mol. The van der Waals surface area contributed by atoms with Crippen molar-refractivity contribution in [3.05, 3.63) is 63.1 Å². The van der Waals surface area contributed by atoms with Crippen molar-refractivity contribution in [2.45, 2.75) is 38.6 Å². The summed E-state index contributed by atoms with van der Waals surface area (Å²) in [4.78, 5) is 53.8. The van der Waals surface area contributed by atoms with E-state index in [1.165, 1.54) is 0 Å². The predicted molar refractivity (Wildman–Crippen MR) is 137 cm³/mol. The molecule has 1 aliphatic heterocycles. The van der Waals surface area contributed by atoms with Crippen molar-refractivity contribution < 1.29 is 23.9 Å². The number of benzene rings is 2. The smallest absolute Gasteiger partial charge is 0.330 e. The summed E-state index contributed by atoms with van der Waals surface area (Å²) in [5.41, 5.74) is 1.96. The zero-order valence-electron chi connectivity index (χ0n) is 19.7. The molecule has 3 fully saturated rings. The van der Waals surface area contributed by atoms with Crippen molar-refractivity contribution in [3.8, 4) is 0 Å². The molecular weight excluding hydrogens is 548 g/mol. The number of imide groups is 1. The van der Waals surface area contributed by atoms with Crippen LogP contribution in [0.25, 0.3) is 0 Å². The van der Waals surface area contributed by atoms with E-state index in [2.05, 4.69) is 21.2 Å². The molecule has 36 heavy (non-hydrogen) atoms. The van der Waals surface area contributed by atoms with Crippen LogP contribution in [0.3, 0.4) is 0 Å². The third kappa shape index (κ3) is 4.45. The van der Waals surface area contributed by atoms with Crippen LogP contribution in [0.5, 0.6) is 0 Å². The second-order valence-electron chi connectivity index (χ2n) is 9.83. The Balaban J connectivity index is 1.32. The molecule has 2 saturated carbocycles. The third-order valence-corrected chi connectivity index (χ3v) is 9.15. The average Bonchev–Trinajstić information content (AvgIpc) is 3.56. The molecule has 2 bridgehead atoms. The van der Waals surface area contributed by atoms with E-state index in [1.807, 2.05) is 30.3 Å². The normalized spacial score (nSPS) is 25.1. The quantitative estimate of drug-likeness (QED) is 0.388. The van der Waals surface area contributed by atoms with Gasteiger partial charge in [0.2, 0.25) is 11.8 Å². The number of nitrogens with one attached hydrogen (secondary N) is 1. The average molecular weight is 574 g/mol. The molecule has 7 nitrogen and oxygen atoms in total. The molecule has 2 aromatic rings. The highest BCUT2D eigenvalue weighted by atomic mass is 79.9. The van der Waals surface area contributed by atoms with Crippen LogP contribution in [0, 0.1) is 30.6 Å². The van der Waals surface area contributed by atoms with Gasteiger partial charge in [0, 0.05) is 16.6 Å². The Bertz CT molecular complexity index is 1210. The van der Waals surface area contributed by atoms with Gasteiger partial charge in [-0.1, -0.05) is 41.9 Å². The number of nitrogens with zero attached hydrogens (tertiary/aromatic N) is 1. The highest BCUT2D eigenvalue weighted by Crippen LogP contribution is 2.56.